The van der Waals surface area contributed by atoms with Crippen LogP contribution in [0.1, 0.15) is 23.2 Å². The van der Waals surface area contributed by atoms with E-state index in [-0.39, 0.29) is 12.5 Å². The first-order valence-corrected chi connectivity index (χ1v) is 9.84. The lowest BCUT2D eigenvalue weighted by Gasteiger charge is -2.33. The van der Waals surface area contributed by atoms with E-state index >= 15 is 0 Å². The van der Waals surface area contributed by atoms with Crippen LogP contribution in [0.5, 0.6) is 5.75 Å². The fourth-order valence-electron chi connectivity index (χ4n) is 3.66. The molecule has 1 amide bonds. The highest BCUT2D eigenvalue weighted by Gasteiger charge is 2.22. The number of piperidine rings is 1. The quantitative estimate of drug-likeness (QED) is 0.641. The summed E-state index contributed by atoms with van der Waals surface area (Å²) in [6.07, 6.45) is 5.46. The van der Waals surface area contributed by atoms with Gasteiger partial charge in [-0.05, 0) is 49.1 Å². The molecular weight excluding hydrogens is 373 g/mol. The van der Waals surface area contributed by atoms with E-state index in [1.165, 1.54) is 0 Å². The first-order valence-electron chi connectivity index (χ1n) is 9.84. The van der Waals surface area contributed by atoms with Gasteiger partial charge in [0.25, 0.3) is 5.91 Å². The molecule has 7 nitrogen and oxygen atoms in total. The fourth-order valence-corrected chi connectivity index (χ4v) is 3.66. The number of hydrogen-bond acceptors (Lipinski definition) is 5. The van der Waals surface area contributed by atoms with Gasteiger partial charge in [0.2, 0.25) is 0 Å². The first-order chi connectivity index (χ1) is 14.2. The van der Waals surface area contributed by atoms with Gasteiger partial charge in [-0.2, -0.15) is 0 Å². The largest absolute Gasteiger partial charge is 0.491 e. The Bertz CT molecular complexity index is 951. The minimum Gasteiger partial charge on any atom is -0.491 e. The number of ether oxygens (including phenoxy) is 1. The molecule has 4 rings (SSSR count). The molecule has 1 fully saturated rings. The summed E-state index contributed by atoms with van der Waals surface area (Å²) in [7, 11) is 0. The van der Waals surface area contributed by atoms with Crippen LogP contribution in [0.25, 0.3) is 11.0 Å². The van der Waals surface area contributed by atoms with E-state index in [9.17, 15) is 9.18 Å². The number of nitrogens with zero attached hydrogens (tertiary/aromatic N) is 3. The van der Waals surface area contributed by atoms with Crippen molar-refractivity contribution in [2.45, 2.75) is 12.8 Å². The summed E-state index contributed by atoms with van der Waals surface area (Å²) >= 11 is 0. The number of anilines is 1. The average Bonchev–Trinajstić information content (AvgIpc) is 3.26. The van der Waals surface area contributed by atoms with Crippen LogP contribution < -0.4 is 15.0 Å². The lowest BCUT2D eigenvalue weighted by atomic mass is 9.96. The van der Waals surface area contributed by atoms with Crippen molar-refractivity contribution in [3.8, 4) is 5.75 Å². The molecule has 1 aliphatic rings. The number of alkyl halides is 1. The van der Waals surface area contributed by atoms with E-state index in [2.05, 4.69) is 25.2 Å². The second-order valence-corrected chi connectivity index (χ2v) is 7.14. The number of carbonyl (C=O) groups is 1. The SMILES string of the molecule is O=C(NCC1CCN(c2ncnc3[nH]ccc23)CC1)c1ccc(OCCF)cc1. The first kappa shape index (κ1) is 19.2. The highest BCUT2D eigenvalue weighted by atomic mass is 19.1. The standard InChI is InChI=1S/C21H24FN5O2/c22-8-12-29-17-3-1-16(2-4-17)21(28)24-13-15-6-10-27(11-7-15)20-18-5-9-23-19(18)25-14-26-20/h1-5,9,14-15H,6-8,10-13H2,(H,24,28)(H,23,25,26). The van der Waals surface area contributed by atoms with E-state index < -0.39 is 6.67 Å². The molecule has 3 heterocycles. The Morgan fingerprint density at radius 2 is 2.00 bits per heavy atom. The number of aromatic nitrogens is 3. The predicted molar refractivity (Wildman–Crippen MR) is 109 cm³/mol. The van der Waals surface area contributed by atoms with Crippen molar-refractivity contribution in [1.82, 2.24) is 20.3 Å². The van der Waals surface area contributed by atoms with E-state index in [0.29, 0.717) is 23.8 Å². The maximum Gasteiger partial charge on any atom is 0.251 e. The highest BCUT2D eigenvalue weighted by molar-refractivity contribution is 5.94. The van der Waals surface area contributed by atoms with Crippen molar-refractivity contribution >= 4 is 22.8 Å². The van der Waals surface area contributed by atoms with Gasteiger partial charge in [0, 0.05) is 31.4 Å². The molecule has 1 aromatic carbocycles. The molecule has 3 aromatic rings. The number of rotatable bonds is 7. The fraction of sp³-hybridized carbons (Fsp3) is 0.381. The summed E-state index contributed by atoms with van der Waals surface area (Å²) in [5, 5.41) is 4.06. The minimum atomic E-state index is -0.533. The van der Waals surface area contributed by atoms with E-state index in [1.807, 2.05) is 12.3 Å². The molecule has 2 N–H and O–H groups in total. The summed E-state index contributed by atoms with van der Waals surface area (Å²) in [5.74, 6) is 1.86. The van der Waals surface area contributed by atoms with Crippen LogP contribution >= 0.6 is 0 Å². The number of carbonyl (C=O) groups excluding carboxylic acids is 1. The van der Waals surface area contributed by atoms with Crippen molar-refractivity contribution in [1.29, 1.82) is 0 Å². The van der Waals surface area contributed by atoms with Gasteiger partial charge < -0.3 is 19.9 Å². The van der Waals surface area contributed by atoms with E-state index in [0.717, 1.165) is 42.8 Å². The topological polar surface area (TPSA) is 83.1 Å². The number of H-pyrrole nitrogens is 1. The number of halogens is 1. The third-order valence-electron chi connectivity index (χ3n) is 5.26. The zero-order valence-corrected chi connectivity index (χ0v) is 16.1. The van der Waals surface area contributed by atoms with Crippen molar-refractivity contribution in [2.75, 3.05) is 37.8 Å². The lowest BCUT2D eigenvalue weighted by Crippen LogP contribution is -2.39. The normalized spacial score (nSPS) is 14.9. The van der Waals surface area contributed by atoms with Crippen LogP contribution in [-0.4, -0.2) is 53.8 Å². The van der Waals surface area contributed by atoms with Gasteiger partial charge in [-0.1, -0.05) is 0 Å². The van der Waals surface area contributed by atoms with Gasteiger partial charge in [-0.25, -0.2) is 14.4 Å². The van der Waals surface area contributed by atoms with E-state index in [4.69, 9.17) is 4.74 Å². The number of amides is 1. The Labute approximate surface area is 168 Å². The molecule has 0 radical (unpaired) electrons. The number of aromatic amines is 1. The molecule has 1 aliphatic heterocycles. The molecule has 0 atom stereocenters. The molecular formula is C21H24FN5O2. The second kappa shape index (κ2) is 8.89. The Morgan fingerprint density at radius 1 is 1.21 bits per heavy atom. The summed E-state index contributed by atoms with van der Waals surface area (Å²) in [6.45, 7) is 1.94. The van der Waals surface area contributed by atoms with Gasteiger partial charge in [-0.15, -0.1) is 0 Å². The number of fused-ring (bicyclic) bond motifs is 1. The molecule has 2 aromatic heterocycles. The highest BCUT2D eigenvalue weighted by Crippen LogP contribution is 2.26. The predicted octanol–water partition coefficient (Wildman–Crippen LogP) is 2.95. The van der Waals surface area contributed by atoms with Crippen LogP contribution in [0.4, 0.5) is 10.2 Å². The van der Waals surface area contributed by atoms with Crippen molar-refractivity contribution in [3.05, 3.63) is 48.4 Å². The summed E-state index contributed by atoms with van der Waals surface area (Å²) in [5.41, 5.74) is 1.43. The van der Waals surface area contributed by atoms with Crippen LogP contribution in [0, 0.1) is 5.92 Å². The molecule has 0 spiro atoms. The van der Waals surface area contributed by atoms with Crippen LogP contribution in [0.3, 0.4) is 0 Å². The van der Waals surface area contributed by atoms with E-state index in [1.54, 1.807) is 30.6 Å². The van der Waals surface area contributed by atoms with Crippen molar-refractivity contribution < 1.29 is 13.9 Å². The zero-order valence-electron chi connectivity index (χ0n) is 16.1. The van der Waals surface area contributed by atoms with Gasteiger partial charge in [0.1, 0.15) is 36.8 Å². The Kier molecular flexibility index (Phi) is 5.88. The number of benzene rings is 1. The van der Waals surface area contributed by atoms with Crippen LogP contribution in [-0.2, 0) is 0 Å². The lowest BCUT2D eigenvalue weighted by molar-refractivity contribution is 0.0945. The number of nitrogens with one attached hydrogen (secondary N) is 2. The van der Waals surface area contributed by atoms with Crippen molar-refractivity contribution in [3.63, 3.8) is 0 Å². The molecule has 8 heteroatoms. The third kappa shape index (κ3) is 4.47. The average molecular weight is 397 g/mol. The van der Waals surface area contributed by atoms with Crippen LogP contribution in [0.15, 0.2) is 42.9 Å². The summed E-state index contributed by atoms with van der Waals surface area (Å²) in [6, 6.07) is 8.77. The molecule has 0 unspecified atom stereocenters. The molecule has 1 saturated heterocycles. The maximum atomic E-state index is 12.4. The molecule has 29 heavy (non-hydrogen) atoms. The molecule has 152 valence electrons. The third-order valence-corrected chi connectivity index (χ3v) is 5.26. The molecule has 0 bridgehead atoms. The summed E-state index contributed by atoms with van der Waals surface area (Å²) < 4.78 is 17.3. The minimum absolute atomic E-state index is 0.0227. The van der Waals surface area contributed by atoms with Gasteiger partial charge in [0.15, 0.2) is 0 Å². The maximum absolute atomic E-state index is 12.4. The zero-order chi connectivity index (χ0) is 20.1. The second-order valence-electron chi connectivity index (χ2n) is 7.14. The van der Waals surface area contributed by atoms with Gasteiger partial charge in [0.05, 0.1) is 5.39 Å². The number of hydrogen-bond donors (Lipinski definition) is 2. The Morgan fingerprint density at radius 3 is 2.76 bits per heavy atom. The molecule has 0 aliphatic carbocycles. The monoisotopic (exact) mass is 397 g/mol. The Balaban J connectivity index is 1.26. The summed E-state index contributed by atoms with van der Waals surface area (Å²) in [4.78, 5) is 26.5. The smallest absolute Gasteiger partial charge is 0.251 e. The Hall–Kier alpha value is -3.16. The van der Waals surface area contributed by atoms with Gasteiger partial charge in [-0.3, -0.25) is 4.79 Å². The van der Waals surface area contributed by atoms with Crippen molar-refractivity contribution in [2.24, 2.45) is 5.92 Å². The van der Waals surface area contributed by atoms with Gasteiger partial charge >= 0.3 is 0 Å². The molecule has 0 saturated carbocycles. The van der Waals surface area contributed by atoms with Crippen LogP contribution in [0.2, 0.25) is 0 Å².